The Morgan fingerprint density at radius 1 is 1.32 bits per heavy atom. The maximum atomic E-state index is 11.7. The van der Waals surface area contributed by atoms with Crippen LogP contribution in [0.2, 0.25) is 0 Å². The van der Waals surface area contributed by atoms with Gasteiger partial charge in [0.15, 0.2) is 0 Å². The number of pyridine rings is 1. The number of aromatic amines is 1. The molecule has 0 bridgehead atoms. The molecule has 100 valence electrons. The molecule has 0 atom stereocenters. The van der Waals surface area contributed by atoms with Crippen LogP contribution in [0, 0.1) is 0 Å². The second-order valence-corrected chi connectivity index (χ2v) is 4.35. The van der Waals surface area contributed by atoms with Crippen LogP contribution in [-0.2, 0) is 6.54 Å². The van der Waals surface area contributed by atoms with Gasteiger partial charge in [-0.2, -0.15) is 5.10 Å². The first-order valence-electron chi connectivity index (χ1n) is 6.52. The van der Waals surface area contributed by atoms with Crippen molar-refractivity contribution >= 4 is 0 Å². The zero-order valence-electron chi connectivity index (χ0n) is 11.0. The zero-order chi connectivity index (χ0) is 13.5. The molecule has 2 aromatic heterocycles. The van der Waals surface area contributed by atoms with E-state index in [4.69, 9.17) is 0 Å². The summed E-state index contributed by atoms with van der Waals surface area (Å²) in [5.41, 5.74) is 1.98. The first kappa shape index (κ1) is 13.4. The summed E-state index contributed by atoms with van der Waals surface area (Å²) in [4.78, 5) is 15.9. The minimum absolute atomic E-state index is 0.149. The second kappa shape index (κ2) is 6.80. The van der Waals surface area contributed by atoms with Gasteiger partial charge in [0.05, 0.1) is 5.69 Å². The second-order valence-electron chi connectivity index (χ2n) is 4.35. The van der Waals surface area contributed by atoms with Gasteiger partial charge in [-0.25, -0.2) is 5.10 Å². The maximum absolute atomic E-state index is 11.7. The number of hydrogen-bond donors (Lipinski definition) is 2. The fraction of sp³-hybridized carbons (Fsp3) is 0.357. The van der Waals surface area contributed by atoms with E-state index in [1.54, 1.807) is 12.3 Å². The fourth-order valence-corrected chi connectivity index (χ4v) is 1.75. The smallest absolute Gasteiger partial charge is 0.268 e. The third-order valence-corrected chi connectivity index (χ3v) is 2.83. The lowest BCUT2D eigenvalue weighted by Crippen LogP contribution is -2.22. The van der Waals surface area contributed by atoms with Crippen molar-refractivity contribution in [3.05, 3.63) is 46.4 Å². The Labute approximate surface area is 112 Å². The van der Waals surface area contributed by atoms with E-state index in [2.05, 4.69) is 27.4 Å². The van der Waals surface area contributed by atoms with E-state index in [1.807, 2.05) is 18.2 Å². The quantitative estimate of drug-likeness (QED) is 0.774. The molecule has 2 rings (SSSR count). The molecule has 2 heterocycles. The maximum Gasteiger partial charge on any atom is 0.268 e. The van der Waals surface area contributed by atoms with E-state index in [1.165, 1.54) is 0 Å². The van der Waals surface area contributed by atoms with Crippen LogP contribution >= 0.6 is 0 Å². The molecular formula is C14H18N4O. The van der Waals surface area contributed by atoms with Gasteiger partial charge in [0, 0.05) is 18.3 Å². The fourth-order valence-electron chi connectivity index (χ4n) is 1.75. The Morgan fingerprint density at radius 3 is 2.95 bits per heavy atom. The van der Waals surface area contributed by atoms with Crippen LogP contribution < -0.4 is 10.9 Å². The van der Waals surface area contributed by atoms with E-state index in [0.29, 0.717) is 17.8 Å². The van der Waals surface area contributed by atoms with Crippen LogP contribution in [0.15, 0.2) is 35.3 Å². The highest BCUT2D eigenvalue weighted by atomic mass is 16.1. The molecule has 0 saturated heterocycles. The molecule has 2 N–H and O–H groups in total. The number of nitrogens with one attached hydrogen (secondary N) is 2. The number of rotatable bonds is 6. The lowest BCUT2D eigenvalue weighted by molar-refractivity contribution is 0.636. The third-order valence-electron chi connectivity index (χ3n) is 2.83. The summed E-state index contributed by atoms with van der Waals surface area (Å²) < 4.78 is 0. The summed E-state index contributed by atoms with van der Waals surface area (Å²) in [5.74, 6) is 0. The van der Waals surface area contributed by atoms with Crippen LogP contribution in [0.25, 0.3) is 11.4 Å². The SMILES string of the molecule is CCCCNCc1cc(-c2ccccn2)n[nH]c1=O. The molecule has 0 aromatic carbocycles. The number of unbranched alkanes of at least 4 members (excludes halogenated alkanes) is 1. The standard InChI is InChI=1S/C14H18N4O/c1-2-3-7-15-10-11-9-13(17-18-14(11)19)12-6-4-5-8-16-12/h4-6,8-9,15H,2-3,7,10H2,1H3,(H,18,19). The molecule has 0 saturated carbocycles. The molecule has 0 aliphatic heterocycles. The van der Waals surface area contributed by atoms with Gasteiger partial charge in [-0.1, -0.05) is 19.4 Å². The van der Waals surface area contributed by atoms with Crippen molar-refractivity contribution in [3.8, 4) is 11.4 Å². The van der Waals surface area contributed by atoms with Gasteiger partial charge in [-0.15, -0.1) is 0 Å². The van der Waals surface area contributed by atoms with Gasteiger partial charge in [0.2, 0.25) is 0 Å². The van der Waals surface area contributed by atoms with Crippen LogP contribution in [0.5, 0.6) is 0 Å². The Balaban J connectivity index is 2.13. The van der Waals surface area contributed by atoms with Crippen molar-refractivity contribution in [1.82, 2.24) is 20.5 Å². The van der Waals surface area contributed by atoms with Crippen LogP contribution in [-0.4, -0.2) is 21.7 Å². The Bertz CT molecular complexity index is 565. The molecule has 0 radical (unpaired) electrons. The van der Waals surface area contributed by atoms with Crippen molar-refractivity contribution in [2.45, 2.75) is 26.3 Å². The molecule has 0 aliphatic rings. The molecule has 5 heteroatoms. The monoisotopic (exact) mass is 258 g/mol. The van der Waals surface area contributed by atoms with Crippen molar-refractivity contribution in [2.24, 2.45) is 0 Å². The molecule has 5 nitrogen and oxygen atoms in total. The molecule has 0 fully saturated rings. The van der Waals surface area contributed by atoms with E-state index in [-0.39, 0.29) is 5.56 Å². The summed E-state index contributed by atoms with van der Waals surface area (Å²) in [7, 11) is 0. The molecule has 19 heavy (non-hydrogen) atoms. The molecule has 0 spiro atoms. The van der Waals surface area contributed by atoms with E-state index in [9.17, 15) is 4.79 Å². The summed E-state index contributed by atoms with van der Waals surface area (Å²) in [5, 5.41) is 9.80. The van der Waals surface area contributed by atoms with Gasteiger partial charge < -0.3 is 5.32 Å². The van der Waals surface area contributed by atoms with E-state index in [0.717, 1.165) is 25.1 Å². The summed E-state index contributed by atoms with van der Waals surface area (Å²) >= 11 is 0. The lowest BCUT2D eigenvalue weighted by Gasteiger charge is -2.05. The van der Waals surface area contributed by atoms with Gasteiger partial charge in [0.1, 0.15) is 5.69 Å². The van der Waals surface area contributed by atoms with Gasteiger partial charge in [0.25, 0.3) is 5.56 Å². The average molecular weight is 258 g/mol. The predicted molar refractivity (Wildman–Crippen MR) is 74.7 cm³/mol. The van der Waals surface area contributed by atoms with Crippen LogP contribution in [0.1, 0.15) is 25.3 Å². The highest BCUT2D eigenvalue weighted by molar-refractivity contribution is 5.53. The zero-order valence-corrected chi connectivity index (χ0v) is 11.0. The molecule has 0 aliphatic carbocycles. The Hall–Kier alpha value is -2.01. The van der Waals surface area contributed by atoms with Crippen molar-refractivity contribution in [1.29, 1.82) is 0 Å². The summed E-state index contributed by atoms with van der Waals surface area (Å²) in [6.07, 6.45) is 3.95. The first-order valence-corrected chi connectivity index (χ1v) is 6.52. The molecular weight excluding hydrogens is 240 g/mol. The number of aromatic nitrogens is 3. The van der Waals surface area contributed by atoms with E-state index >= 15 is 0 Å². The Morgan fingerprint density at radius 2 is 2.21 bits per heavy atom. The van der Waals surface area contributed by atoms with Crippen LogP contribution in [0.3, 0.4) is 0 Å². The van der Waals surface area contributed by atoms with Gasteiger partial charge in [-0.3, -0.25) is 9.78 Å². The average Bonchev–Trinajstić information content (AvgIpc) is 2.46. The largest absolute Gasteiger partial charge is 0.312 e. The highest BCUT2D eigenvalue weighted by Crippen LogP contribution is 2.11. The molecule has 2 aromatic rings. The number of nitrogens with zero attached hydrogens (tertiary/aromatic N) is 2. The lowest BCUT2D eigenvalue weighted by atomic mass is 10.2. The van der Waals surface area contributed by atoms with Gasteiger partial charge in [-0.05, 0) is 31.2 Å². The number of hydrogen-bond acceptors (Lipinski definition) is 4. The van der Waals surface area contributed by atoms with Crippen molar-refractivity contribution in [2.75, 3.05) is 6.54 Å². The third kappa shape index (κ3) is 3.72. The minimum atomic E-state index is -0.149. The number of H-pyrrole nitrogens is 1. The minimum Gasteiger partial charge on any atom is -0.312 e. The molecule has 0 amide bonds. The first-order chi connectivity index (χ1) is 9.31. The molecule has 0 unspecified atom stereocenters. The van der Waals surface area contributed by atoms with Crippen molar-refractivity contribution in [3.63, 3.8) is 0 Å². The van der Waals surface area contributed by atoms with E-state index < -0.39 is 0 Å². The topological polar surface area (TPSA) is 70.7 Å². The summed E-state index contributed by atoms with van der Waals surface area (Å²) in [6.45, 7) is 3.61. The van der Waals surface area contributed by atoms with Crippen molar-refractivity contribution < 1.29 is 0 Å². The highest BCUT2D eigenvalue weighted by Gasteiger charge is 2.05. The van der Waals surface area contributed by atoms with Crippen LogP contribution in [0.4, 0.5) is 0 Å². The Kier molecular flexibility index (Phi) is 4.80. The predicted octanol–water partition coefficient (Wildman–Crippen LogP) is 1.72. The normalized spacial score (nSPS) is 10.6. The summed E-state index contributed by atoms with van der Waals surface area (Å²) in [6, 6.07) is 7.41. The van der Waals surface area contributed by atoms with Gasteiger partial charge >= 0.3 is 0 Å².